The van der Waals surface area contributed by atoms with Crippen LogP contribution < -0.4 is 16.0 Å². The van der Waals surface area contributed by atoms with Crippen molar-refractivity contribution in [2.24, 2.45) is 10.9 Å². The first kappa shape index (κ1) is 22.4. The van der Waals surface area contributed by atoms with Crippen molar-refractivity contribution in [3.05, 3.63) is 0 Å². The lowest BCUT2D eigenvalue weighted by molar-refractivity contribution is -0.123. The summed E-state index contributed by atoms with van der Waals surface area (Å²) in [6.45, 7) is 8.04. The number of nitrogens with zero attached hydrogens (tertiary/aromatic N) is 1. The lowest BCUT2D eigenvalue weighted by atomic mass is 10.2. The molecule has 0 spiro atoms. The van der Waals surface area contributed by atoms with E-state index in [0.717, 1.165) is 45.2 Å². The fraction of sp³-hybridized carbons (Fsp3) is 0.867. The Hall–Kier alpha value is -0.610. The molecule has 1 aliphatic heterocycles. The highest BCUT2D eigenvalue weighted by molar-refractivity contribution is 14.0. The van der Waals surface area contributed by atoms with E-state index in [9.17, 15) is 4.79 Å². The summed E-state index contributed by atoms with van der Waals surface area (Å²) in [7, 11) is 1.73. The van der Waals surface area contributed by atoms with Crippen molar-refractivity contribution in [2.45, 2.75) is 32.8 Å². The Morgan fingerprint density at radius 1 is 1.26 bits per heavy atom. The average Bonchev–Trinajstić information content (AvgIpc) is 3.01. The van der Waals surface area contributed by atoms with E-state index < -0.39 is 0 Å². The van der Waals surface area contributed by atoms with Crippen LogP contribution in [-0.2, 0) is 14.3 Å². The molecule has 0 aromatic carbocycles. The van der Waals surface area contributed by atoms with Gasteiger partial charge in [-0.1, -0.05) is 13.8 Å². The van der Waals surface area contributed by atoms with Crippen LogP contribution in [0.2, 0.25) is 0 Å². The molecule has 1 amide bonds. The SMILES string of the molecule is CN=C(NCCCOC1CCOC1)NCCNC(=O)C(C)C.I. The van der Waals surface area contributed by atoms with Crippen molar-refractivity contribution in [2.75, 3.05) is 46.5 Å². The van der Waals surface area contributed by atoms with Crippen LogP contribution in [0, 0.1) is 5.92 Å². The number of halogens is 1. The van der Waals surface area contributed by atoms with Crippen molar-refractivity contribution in [1.29, 1.82) is 0 Å². The van der Waals surface area contributed by atoms with Gasteiger partial charge in [0.2, 0.25) is 5.91 Å². The summed E-state index contributed by atoms with van der Waals surface area (Å²) in [6.07, 6.45) is 2.18. The Morgan fingerprint density at radius 3 is 2.57 bits per heavy atom. The Labute approximate surface area is 156 Å². The molecule has 1 saturated heterocycles. The molecule has 136 valence electrons. The summed E-state index contributed by atoms with van der Waals surface area (Å²) in [5.74, 6) is 0.823. The van der Waals surface area contributed by atoms with Gasteiger partial charge in [0, 0.05) is 45.8 Å². The summed E-state index contributed by atoms with van der Waals surface area (Å²) in [4.78, 5) is 15.5. The number of aliphatic imine (C=N–C) groups is 1. The molecular weight excluding hydrogens is 411 g/mol. The van der Waals surface area contributed by atoms with Crippen LogP contribution in [0.3, 0.4) is 0 Å². The van der Waals surface area contributed by atoms with Crippen molar-refractivity contribution in [3.63, 3.8) is 0 Å². The minimum absolute atomic E-state index is 0. The highest BCUT2D eigenvalue weighted by Gasteiger charge is 2.15. The molecule has 0 aromatic heterocycles. The summed E-state index contributed by atoms with van der Waals surface area (Å²) < 4.78 is 10.9. The number of hydrogen-bond acceptors (Lipinski definition) is 4. The zero-order valence-corrected chi connectivity index (χ0v) is 16.7. The lowest BCUT2D eigenvalue weighted by Gasteiger charge is -2.14. The quantitative estimate of drug-likeness (QED) is 0.212. The van der Waals surface area contributed by atoms with Crippen LogP contribution in [0.4, 0.5) is 0 Å². The molecule has 7 nitrogen and oxygen atoms in total. The smallest absolute Gasteiger partial charge is 0.222 e. The largest absolute Gasteiger partial charge is 0.379 e. The maximum Gasteiger partial charge on any atom is 0.222 e. The zero-order chi connectivity index (χ0) is 16.2. The van der Waals surface area contributed by atoms with Crippen molar-refractivity contribution in [3.8, 4) is 0 Å². The topological polar surface area (TPSA) is 84.0 Å². The molecule has 0 aromatic rings. The first-order valence-electron chi connectivity index (χ1n) is 8.05. The number of nitrogens with one attached hydrogen (secondary N) is 3. The molecular formula is C15H31IN4O3. The van der Waals surface area contributed by atoms with E-state index >= 15 is 0 Å². The first-order chi connectivity index (χ1) is 10.6. The summed E-state index contributed by atoms with van der Waals surface area (Å²) in [6, 6.07) is 0. The highest BCUT2D eigenvalue weighted by Crippen LogP contribution is 2.07. The molecule has 0 bridgehead atoms. The molecule has 1 aliphatic rings. The van der Waals surface area contributed by atoms with Crippen LogP contribution in [0.15, 0.2) is 4.99 Å². The van der Waals surface area contributed by atoms with E-state index in [1.807, 2.05) is 13.8 Å². The Balaban J connectivity index is 0.00000484. The van der Waals surface area contributed by atoms with Crippen LogP contribution in [0.25, 0.3) is 0 Å². The molecule has 1 atom stereocenters. The molecule has 1 unspecified atom stereocenters. The molecule has 8 heteroatoms. The number of hydrogen-bond donors (Lipinski definition) is 3. The molecule has 0 radical (unpaired) electrons. The van der Waals surface area contributed by atoms with Gasteiger partial charge in [-0.05, 0) is 12.8 Å². The number of ether oxygens (including phenoxy) is 2. The fourth-order valence-corrected chi connectivity index (χ4v) is 1.96. The molecule has 1 fully saturated rings. The van der Waals surface area contributed by atoms with Crippen LogP contribution in [0.1, 0.15) is 26.7 Å². The molecule has 23 heavy (non-hydrogen) atoms. The van der Waals surface area contributed by atoms with Crippen molar-refractivity contribution >= 4 is 35.8 Å². The third kappa shape index (κ3) is 10.7. The van der Waals surface area contributed by atoms with E-state index in [1.165, 1.54) is 0 Å². The maximum atomic E-state index is 11.4. The van der Waals surface area contributed by atoms with E-state index in [0.29, 0.717) is 13.1 Å². The maximum absolute atomic E-state index is 11.4. The van der Waals surface area contributed by atoms with Gasteiger partial charge in [-0.2, -0.15) is 0 Å². The first-order valence-corrected chi connectivity index (χ1v) is 8.05. The summed E-state index contributed by atoms with van der Waals surface area (Å²) in [5.41, 5.74) is 0. The van der Waals surface area contributed by atoms with Crippen molar-refractivity contribution < 1.29 is 14.3 Å². The van der Waals surface area contributed by atoms with Gasteiger partial charge < -0.3 is 25.4 Å². The average molecular weight is 442 g/mol. The standard InChI is InChI=1S/C15H30N4O3.HI/c1-12(2)14(20)17-7-8-19-15(16-3)18-6-4-9-22-13-5-10-21-11-13;/h12-13H,4-11H2,1-3H3,(H,17,20)(H2,16,18,19);1H. The Bertz CT molecular complexity index is 348. The van der Waals surface area contributed by atoms with E-state index in [4.69, 9.17) is 9.47 Å². The van der Waals surface area contributed by atoms with Crippen molar-refractivity contribution in [1.82, 2.24) is 16.0 Å². The molecule has 0 saturated carbocycles. The van der Waals surface area contributed by atoms with E-state index in [-0.39, 0.29) is 41.9 Å². The Kier molecular flexibility index (Phi) is 13.4. The number of amides is 1. The number of carbonyl (C=O) groups is 1. The highest BCUT2D eigenvalue weighted by atomic mass is 127. The lowest BCUT2D eigenvalue weighted by Crippen LogP contribution is -2.42. The molecule has 3 N–H and O–H groups in total. The second-order valence-corrected chi connectivity index (χ2v) is 5.58. The molecule has 1 rings (SSSR count). The third-order valence-corrected chi connectivity index (χ3v) is 3.32. The van der Waals surface area contributed by atoms with Gasteiger partial charge in [0.25, 0.3) is 0 Å². The Morgan fingerprint density at radius 2 is 1.96 bits per heavy atom. The fourth-order valence-electron chi connectivity index (χ4n) is 1.96. The number of guanidine groups is 1. The summed E-state index contributed by atoms with van der Waals surface area (Å²) in [5, 5.41) is 9.23. The predicted octanol–water partition coefficient (Wildman–Crippen LogP) is 0.737. The van der Waals surface area contributed by atoms with Gasteiger partial charge in [0.1, 0.15) is 0 Å². The van der Waals surface area contributed by atoms with Crippen LogP contribution in [-0.4, -0.2) is 64.5 Å². The van der Waals surface area contributed by atoms with Crippen LogP contribution >= 0.6 is 24.0 Å². The van der Waals surface area contributed by atoms with Gasteiger partial charge in [0.05, 0.1) is 12.7 Å². The predicted molar refractivity (Wildman–Crippen MR) is 102 cm³/mol. The minimum atomic E-state index is 0. The van der Waals surface area contributed by atoms with Gasteiger partial charge in [-0.15, -0.1) is 24.0 Å². The van der Waals surface area contributed by atoms with E-state index in [1.54, 1.807) is 7.05 Å². The minimum Gasteiger partial charge on any atom is -0.379 e. The second kappa shape index (κ2) is 13.8. The van der Waals surface area contributed by atoms with E-state index in [2.05, 4.69) is 20.9 Å². The normalized spacial score (nSPS) is 17.7. The number of rotatable bonds is 9. The van der Waals surface area contributed by atoms with Crippen LogP contribution in [0.5, 0.6) is 0 Å². The second-order valence-electron chi connectivity index (χ2n) is 5.58. The molecule has 1 heterocycles. The van der Waals surface area contributed by atoms with Gasteiger partial charge in [-0.3, -0.25) is 9.79 Å². The number of carbonyl (C=O) groups excluding carboxylic acids is 1. The van der Waals surface area contributed by atoms with Gasteiger partial charge in [-0.25, -0.2) is 0 Å². The summed E-state index contributed by atoms with van der Waals surface area (Å²) >= 11 is 0. The van der Waals surface area contributed by atoms with Gasteiger partial charge in [0.15, 0.2) is 5.96 Å². The van der Waals surface area contributed by atoms with Gasteiger partial charge >= 0.3 is 0 Å². The molecule has 0 aliphatic carbocycles. The zero-order valence-electron chi connectivity index (χ0n) is 14.4. The third-order valence-electron chi connectivity index (χ3n) is 3.32. The monoisotopic (exact) mass is 442 g/mol.